The summed E-state index contributed by atoms with van der Waals surface area (Å²) in [4.78, 5) is 4.70. The summed E-state index contributed by atoms with van der Waals surface area (Å²) >= 11 is 6.43. The zero-order chi connectivity index (χ0) is 15.3. The van der Waals surface area contributed by atoms with Crippen molar-refractivity contribution in [2.45, 2.75) is 24.9 Å². The summed E-state index contributed by atoms with van der Waals surface area (Å²) in [6.45, 7) is 5.93. The average Bonchev–Trinajstić information content (AvgIpc) is 2.37. The Hall–Kier alpha value is 0.180. The third-order valence-electron chi connectivity index (χ3n) is 3.04. The van der Waals surface area contributed by atoms with Crippen molar-refractivity contribution < 1.29 is 30.4 Å². The van der Waals surface area contributed by atoms with Crippen molar-refractivity contribution in [3.63, 3.8) is 0 Å². The van der Waals surface area contributed by atoms with E-state index in [0.29, 0.717) is 0 Å². The molecule has 0 bridgehead atoms. The molecule has 0 aromatic rings. The van der Waals surface area contributed by atoms with Crippen molar-refractivity contribution >= 4 is 19.8 Å². The zero-order valence-corrected chi connectivity index (χ0v) is 13.0. The number of nitrogens with zero attached hydrogens (tertiary/aromatic N) is 2. The molecule has 0 spiro atoms. The fraction of sp³-hybridized carbons (Fsp3) is 1.00. The van der Waals surface area contributed by atoms with Gasteiger partial charge in [-0.3, -0.25) is 9.80 Å². The van der Waals surface area contributed by atoms with Gasteiger partial charge in [0.05, 0.1) is 13.2 Å². The van der Waals surface area contributed by atoms with Crippen LogP contribution in [0.1, 0.15) is 19.3 Å². The molecule has 2 heterocycles. The largest absolute Gasteiger partial charge is 1.00 e. The monoisotopic (exact) mass is 363 g/mol. The Morgan fingerprint density at radius 2 is 1.19 bits per heavy atom. The Bertz CT molecular complexity index is 260. The van der Waals surface area contributed by atoms with Crippen LogP contribution < -0.4 is 4.70 Å². The molecule has 0 aromatic heterocycles. The van der Waals surface area contributed by atoms with Gasteiger partial charge in [0.15, 0.2) is 0 Å². The quantitative estimate of drug-likeness (QED) is 0.318. The molecule has 0 N–H and O–H groups in total. The van der Waals surface area contributed by atoms with E-state index in [1.54, 1.807) is 0 Å². The molecule has 1 unspecified atom stereocenters. The first-order valence-electron chi connectivity index (χ1n) is 6.42. The fourth-order valence-electron chi connectivity index (χ4n) is 2.15. The smallest absolute Gasteiger partial charge is 1.00 e. The molecule has 0 aliphatic carbocycles. The number of hydrogen-bond donors (Lipinski definition) is 0. The van der Waals surface area contributed by atoms with Crippen molar-refractivity contribution in [2.75, 3.05) is 39.4 Å². The van der Waals surface area contributed by atoms with Gasteiger partial charge in [-0.2, -0.15) is 0 Å². The third-order valence-corrected chi connectivity index (χ3v) is 3.59. The molecule has 2 aliphatic heterocycles. The van der Waals surface area contributed by atoms with E-state index in [1.807, 2.05) is 0 Å². The second kappa shape index (κ2) is 8.72. The minimum atomic E-state index is -8.55. The van der Waals surface area contributed by atoms with E-state index >= 15 is 0 Å². The number of ether oxygens (including phenoxy) is 1. The van der Waals surface area contributed by atoms with Gasteiger partial charge in [0, 0.05) is 26.2 Å². The summed E-state index contributed by atoms with van der Waals surface area (Å²) in [5.41, 5.74) is 0.0965. The van der Waals surface area contributed by atoms with E-state index in [1.165, 1.54) is 19.3 Å². The Morgan fingerprint density at radius 1 is 0.810 bits per heavy atom. The first kappa shape index (κ1) is 21.2. The SMILES string of the molecule is ClC(N1CCCCC1)N1CCOCC1.FP(F)(F)(F)F.[F-]. The molecule has 0 amide bonds. The van der Waals surface area contributed by atoms with E-state index in [4.69, 9.17) is 16.3 Å². The van der Waals surface area contributed by atoms with Crippen LogP contribution in [0.25, 0.3) is 0 Å². The van der Waals surface area contributed by atoms with Gasteiger partial charge < -0.3 is 9.44 Å². The number of morpholine rings is 1. The summed E-state index contributed by atoms with van der Waals surface area (Å²) in [5.74, 6) is 0. The van der Waals surface area contributed by atoms with Crippen LogP contribution in [-0.4, -0.2) is 54.8 Å². The number of hydrogen-bond acceptors (Lipinski definition) is 3. The molecule has 3 nitrogen and oxygen atoms in total. The summed E-state index contributed by atoms with van der Waals surface area (Å²) in [6.07, 6.45) is 3.96. The number of piperidine rings is 1. The maximum atomic E-state index is 9.84. The van der Waals surface area contributed by atoms with Crippen LogP contribution >= 0.6 is 19.8 Å². The molecule has 130 valence electrons. The standard InChI is InChI=1S/C10H19ClN2O.F5P.FH/c11-10(12-4-2-1-3-5-12)13-6-8-14-9-7-13;1-6(2,3,4)5;/h10H,1-9H2;;1H/p-1. The number of halogens is 7. The van der Waals surface area contributed by atoms with Crippen molar-refractivity contribution in [3.05, 3.63) is 0 Å². The molecular formula is C10H19ClF6N2OP-. The minimum Gasteiger partial charge on any atom is -1.00 e. The maximum Gasteiger partial charge on any atom is -1.00 e. The normalized spacial score (nSPS) is 24.8. The van der Waals surface area contributed by atoms with Gasteiger partial charge in [-0.05, 0) is 12.8 Å². The van der Waals surface area contributed by atoms with Crippen molar-refractivity contribution in [2.24, 2.45) is 0 Å². The molecule has 2 saturated heterocycles. The Balaban J connectivity index is 0.000000495. The van der Waals surface area contributed by atoms with E-state index < -0.39 is 8.16 Å². The van der Waals surface area contributed by atoms with Crippen molar-refractivity contribution in [1.82, 2.24) is 9.80 Å². The predicted molar refractivity (Wildman–Crippen MR) is 69.9 cm³/mol. The van der Waals surface area contributed by atoms with E-state index in [9.17, 15) is 21.0 Å². The summed E-state index contributed by atoms with van der Waals surface area (Å²) < 4.78 is 54.5. The molecule has 21 heavy (non-hydrogen) atoms. The number of alkyl halides is 1. The molecule has 2 fully saturated rings. The van der Waals surface area contributed by atoms with Crippen LogP contribution in [-0.2, 0) is 4.74 Å². The second-order valence-electron chi connectivity index (χ2n) is 4.69. The van der Waals surface area contributed by atoms with E-state index in [2.05, 4.69) is 9.80 Å². The number of likely N-dealkylation sites (tertiary alicyclic amines) is 1. The Labute approximate surface area is 125 Å². The summed E-state index contributed by atoms with van der Waals surface area (Å²) in [5, 5.41) is 0. The topological polar surface area (TPSA) is 15.7 Å². The van der Waals surface area contributed by atoms with E-state index in [-0.39, 0.29) is 10.3 Å². The minimum absolute atomic E-state index is 0. The Kier molecular flexibility index (Phi) is 8.79. The van der Waals surface area contributed by atoms with Crippen LogP contribution in [0.15, 0.2) is 0 Å². The molecule has 1 atom stereocenters. The van der Waals surface area contributed by atoms with Gasteiger partial charge in [-0.1, -0.05) is 18.0 Å². The molecular weight excluding hydrogens is 345 g/mol. The number of rotatable bonds is 2. The van der Waals surface area contributed by atoms with Crippen LogP contribution in [0.3, 0.4) is 0 Å². The van der Waals surface area contributed by atoms with E-state index in [0.717, 1.165) is 39.4 Å². The van der Waals surface area contributed by atoms with Crippen molar-refractivity contribution in [1.29, 1.82) is 0 Å². The molecule has 11 heteroatoms. The average molecular weight is 364 g/mol. The molecule has 0 radical (unpaired) electrons. The fourth-order valence-corrected chi connectivity index (χ4v) is 2.54. The van der Waals surface area contributed by atoms with Crippen LogP contribution in [0.2, 0.25) is 0 Å². The van der Waals surface area contributed by atoms with Gasteiger partial charge in [0.1, 0.15) is 5.62 Å². The molecule has 2 rings (SSSR count). The van der Waals surface area contributed by atoms with Crippen LogP contribution in [0, 0.1) is 0 Å². The first-order chi connectivity index (χ1) is 9.11. The van der Waals surface area contributed by atoms with Gasteiger partial charge >= 0.3 is 29.1 Å². The molecule has 0 saturated carbocycles. The van der Waals surface area contributed by atoms with Crippen LogP contribution in [0.4, 0.5) is 21.0 Å². The van der Waals surface area contributed by atoms with Crippen LogP contribution in [0.5, 0.6) is 0 Å². The first-order valence-corrected chi connectivity index (χ1v) is 8.55. The van der Waals surface area contributed by atoms with Gasteiger partial charge in [0.2, 0.25) is 0 Å². The zero-order valence-electron chi connectivity index (χ0n) is 11.3. The van der Waals surface area contributed by atoms with Gasteiger partial charge in [-0.15, -0.1) is 0 Å². The van der Waals surface area contributed by atoms with Crippen molar-refractivity contribution in [3.8, 4) is 0 Å². The Morgan fingerprint density at radius 3 is 1.62 bits per heavy atom. The second-order valence-corrected chi connectivity index (χ2v) is 6.36. The van der Waals surface area contributed by atoms with Gasteiger partial charge in [-0.25, -0.2) is 0 Å². The van der Waals surface area contributed by atoms with Gasteiger partial charge in [0.25, 0.3) is 0 Å². The predicted octanol–water partition coefficient (Wildman–Crippen LogP) is 1.29. The summed E-state index contributed by atoms with van der Waals surface area (Å²) in [7, 11) is -8.55. The molecule has 2 aliphatic rings. The summed E-state index contributed by atoms with van der Waals surface area (Å²) in [6, 6.07) is 0. The maximum absolute atomic E-state index is 9.84. The third kappa shape index (κ3) is 11.4. The molecule has 0 aromatic carbocycles.